The Balaban J connectivity index is 2.09. The van der Waals surface area contributed by atoms with E-state index < -0.39 is 17.7 Å². The predicted octanol–water partition coefficient (Wildman–Crippen LogP) is 3.29. The number of Topliss-reactive ketones (excluding diaryl/α,β-unsaturated/α-hetero) is 1. The fraction of sp³-hybridized carbons (Fsp3) is 0.467. The second-order valence-corrected chi connectivity index (χ2v) is 5.10. The maximum absolute atomic E-state index is 13.5. The fourth-order valence-corrected chi connectivity index (χ4v) is 2.81. The zero-order valence-corrected chi connectivity index (χ0v) is 10.6. The first-order valence-electron chi connectivity index (χ1n) is 6.60. The van der Waals surface area contributed by atoms with Crippen LogP contribution in [0.25, 0.3) is 0 Å². The third-order valence-electron chi connectivity index (χ3n) is 3.85. The topological polar surface area (TPSA) is 54.4 Å². The maximum atomic E-state index is 13.5. The van der Waals surface area contributed by atoms with E-state index in [4.69, 9.17) is 5.11 Å². The summed E-state index contributed by atoms with van der Waals surface area (Å²) in [5, 5.41) is 9.16. The molecule has 1 aliphatic rings. The summed E-state index contributed by atoms with van der Waals surface area (Å²) in [6, 6.07) is 5.86. The van der Waals surface area contributed by atoms with E-state index in [-0.39, 0.29) is 23.7 Å². The standard InChI is InChI=1S/C15H17FO3/c16-13-8-4-3-7-12(13)14(17)9-10-5-1-2-6-11(10)15(18)19/h3-4,7-8,10-11H,1-2,5-6,9H2,(H,18,19)/t10-,11-/m0/s1. The molecule has 1 fully saturated rings. The molecule has 2 atom stereocenters. The van der Waals surface area contributed by atoms with Crippen LogP contribution in [-0.2, 0) is 4.79 Å². The zero-order chi connectivity index (χ0) is 13.8. The molecule has 0 amide bonds. The van der Waals surface area contributed by atoms with Gasteiger partial charge in [-0.3, -0.25) is 9.59 Å². The lowest BCUT2D eigenvalue weighted by molar-refractivity contribution is -0.144. The lowest BCUT2D eigenvalue weighted by atomic mass is 9.76. The molecule has 0 radical (unpaired) electrons. The van der Waals surface area contributed by atoms with Crippen molar-refractivity contribution in [1.82, 2.24) is 0 Å². The summed E-state index contributed by atoms with van der Waals surface area (Å²) in [4.78, 5) is 23.2. The fourth-order valence-electron chi connectivity index (χ4n) is 2.81. The number of hydrogen-bond donors (Lipinski definition) is 1. The van der Waals surface area contributed by atoms with E-state index in [0.29, 0.717) is 6.42 Å². The van der Waals surface area contributed by atoms with Crippen molar-refractivity contribution in [2.24, 2.45) is 11.8 Å². The van der Waals surface area contributed by atoms with Gasteiger partial charge in [0.15, 0.2) is 5.78 Å². The van der Waals surface area contributed by atoms with Crippen LogP contribution in [0.5, 0.6) is 0 Å². The molecule has 1 N–H and O–H groups in total. The highest BCUT2D eigenvalue weighted by atomic mass is 19.1. The Bertz CT molecular complexity index is 484. The molecular formula is C15H17FO3. The highest BCUT2D eigenvalue weighted by Crippen LogP contribution is 2.33. The molecule has 2 rings (SSSR count). The van der Waals surface area contributed by atoms with Gasteiger partial charge in [0, 0.05) is 6.42 Å². The Hall–Kier alpha value is -1.71. The number of aliphatic carboxylic acids is 1. The third-order valence-corrected chi connectivity index (χ3v) is 3.85. The molecule has 3 nitrogen and oxygen atoms in total. The van der Waals surface area contributed by atoms with Crippen molar-refractivity contribution in [3.63, 3.8) is 0 Å². The number of rotatable bonds is 4. The van der Waals surface area contributed by atoms with E-state index in [1.165, 1.54) is 18.2 Å². The average Bonchev–Trinajstić information content (AvgIpc) is 2.39. The molecule has 0 spiro atoms. The van der Waals surface area contributed by atoms with Crippen molar-refractivity contribution in [2.75, 3.05) is 0 Å². The van der Waals surface area contributed by atoms with E-state index in [9.17, 15) is 14.0 Å². The molecule has 1 aromatic carbocycles. The van der Waals surface area contributed by atoms with Crippen LogP contribution in [0, 0.1) is 17.7 Å². The molecule has 102 valence electrons. The minimum absolute atomic E-state index is 0.0669. The molecule has 0 saturated heterocycles. The first-order chi connectivity index (χ1) is 9.09. The van der Waals surface area contributed by atoms with Crippen molar-refractivity contribution < 1.29 is 19.1 Å². The van der Waals surface area contributed by atoms with Gasteiger partial charge >= 0.3 is 5.97 Å². The number of carbonyl (C=O) groups is 2. The molecule has 0 heterocycles. The summed E-state index contributed by atoms with van der Waals surface area (Å²) in [5.41, 5.74) is 0.0669. The van der Waals surface area contributed by atoms with Crippen molar-refractivity contribution in [2.45, 2.75) is 32.1 Å². The number of hydrogen-bond acceptors (Lipinski definition) is 2. The van der Waals surface area contributed by atoms with E-state index in [0.717, 1.165) is 19.3 Å². The minimum Gasteiger partial charge on any atom is -0.481 e. The molecule has 1 aliphatic carbocycles. The lowest BCUT2D eigenvalue weighted by Gasteiger charge is -2.27. The number of ketones is 1. The molecule has 0 aromatic heterocycles. The van der Waals surface area contributed by atoms with Gasteiger partial charge in [-0.05, 0) is 30.9 Å². The summed E-state index contributed by atoms with van der Waals surface area (Å²) in [5.74, 6) is -2.31. The van der Waals surface area contributed by atoms with Gasteiger partial charge in [0.05, 0.1) is 11.5 Å². The summed E-state index contributed by atoms with van der Waals surface area (Å²) in [7, 11) is 0. The van der Waals surface area contributed by atoms with Crippen LogP contribution in [0.4, 0.5) is 4.39 Å². The molecule has 1 saturated carbocycles. The van der Waals surface area contributed by atoms with Crippen LogP contribution in [0.15, 0.2) is 24.3 Å². The smallest absolute Gasteiger partial charge is 0.306 e. The predicted molar refractivity (Wildman–Crippen MR) is 68.4 cm³/mol. The molecular weight excluding hydrogens is 247 g/mol. The van der Waals surface area contributed by atoms with E-state index in [2.05, 4.69) is 0 Å². The van der Waals surface area contributed by atoms with Crippen LogP contribution in [0.1, 0.15) is 42.5 Å². The number of halogens is 1. The molecule has 0 aliphatic heterocycles. The second-order valence-electron chi connectivity index (χ2n) is 5.10. The van der Waals surface area contributed by atoms with E-state index in [1.54, 1.807) is 6.07 Å². The highest BCUT2D eigenvalue weighted by molar-refractivity contribution is 5.96. The summed E-state index contributed by atoms with van der Waals surface area (Å²) >= 11 is 0. The number of benzene rings is 1. The van der Waals surface area contributed by atoms with Gasteiger partial charge in [0.2, 0.25) is 0 Å². The second kappa shape index (κ2) is 5.95. The van der Waals surface area contributed by atoms with Crippen LogP contribution in [0.2, 0.25) is 0 Å². The van der Waals surface area contributed by atoms with Gasteiger partial charge < -0.3 is 5.11 Å². The Morgan fingerprint density at radius 1 is 1.21 bits per heavy atom. The van der Waals surface area contributed by atoms with Gasteiger partial charge in [0.25, 0.3) is 0 Å². The minimum atomic E-state index is -0.842. The first-order valence-corrected chi connectivity index (χ1v) is 6.60. The Morgan fingerprint density at radius 2 is 1.89 bits per heavy atom. The Kier molecular flexibility index (Phi) is 4.30. The van der Waals surface area contributed by atoms with Crippen molar-refractivity contribution in [3.05, 3.63) is 35.6 Å². The highest BCUT2D eigenvalue weighted by Gasteiger charge is 2.32. The molecule has 1 aromatic rings. The number of carboxylic acid groups (broad SMARTS) is 1. The van der Waals surface area contributed by atoms with Gasteiger partial charge in [-0.25, -0.2) is 4.39 Å². The molecule has 19 heavy (non-hydrogen) atoms. The average molecular weight is 264 g/mol. The van der Waals surface area contributed by atoms with E-state index in [1.807, 2.05) is 0 Å². The first kappa shape index (κ1) is 13.7. The van der Waals surface area contributed by atoms with Crippen molar-refractivity contribution in [1.29, 1.82) is 0 Å². The lowest BCUT2D eigenvalue weighted by Crippen LogP contribution is -2.28. The van der Waals surface area contributed by atoms with Crippen LogP contribution < -0.4 is 0 Å². The van der Waals surface area contributed by atoms with Crippen LogP contribution in [-0.4, -0.2) is 16.9 Å². The van der Waals surface area contributed by atoms with E-state index >= 15 is 0 Å². The maximum Gasteiger partial charge on any atom is 0.306 e. The summed E-state index contributed by atoms with van der Waals surface area (Å²) < 4.78 is 13.5. The largest absolute Gasteiger partial charge is 0.481 e. The zero-order valence-electron chi connectivity index (χ0n) is 10.6. The van der Waals surface area contributed by atoms with Crippen LogP contribution in [0.3, 0.4) is 0 Å². The van der Waals surface area contributed by atoms with Gasteiger partial charge in [-0.2, -0.15) is 0 Å². The molecule has 0 bridgehead atoms. The Morgan fingerprint density at radius 3 is 2.58 bits per heavy atom. The monoisotopic (exact) mass is 264 g/mol. The third kappa shape index (κ3) is 3.19. The van der Waals surface area contributed by atoms with Gasteiger partial charge in [0.1, 0.15) is 5.82 Å². The van der Waals surface area contributed by atoms with Crippen molar-refractivity contribution >= 4 is 11.8 Å². The van der Waals surface area contributed by atoms with Gasteiger partial charge in [-0.1, -0.05) is 25.0 Å². The quantitative estimate of drug-likeness (QED) is 0.849. The number of carbonyl (C=O) groups excluding carboxylic acids is 1. The SMILES string of the molecule is O=C(C[C@@H]1CCCC[C@@H]1C(=O)O)c1ccccc1F. The normalized spacial score (nSPS) is 23.0. The summed E-state index contributed by atoms with van der Waals surface area (Å²) in [6.45, 7) is 0. The van der Waals surface area contributed by atoms with Crippen molar-refractivity contribution in [3.8, 4) is 0 Å². The van der Waals surface area contributed by atoms with Gasteiger partial charge in [-0.15, -0.1) is 0 Å². The molecule has 4 heteroatoms. The Labute approximate surface area is 111 Å². The molecule has 0 unspecified atom stereocenters. The summed E-state index contributed by atoms with van der Waals surface area (Å²) in [6.07, 6.45) is 3.31. The number of carboxylic acids is 1. The van der Waals surface area contributed by atoms with Crippen LogP contribution >= 0.6 is 0 Å².